The Morgan fingerprint density at radius 1 is 1.44 bits per heavy atom. The Labute approximate surface area is 98.5 Å². The Kier molecular flexibility index (Phi) is 4.90. The SMILES string of the molecule is CCC(C)(C)CNCc1ccnc(CN)c1. The summed E-state index contributed by atoms with van der Waals surface area (Å²) in [5.74, 6) is 0. The number of rotatable bonds is 6. The second-order valence-electron chi connectivity index (χ2n) is 4.98. The maximum absolute atomic E-state index is 5.56. The number of hydrogen-bond acceptors (Lipinski definition) is 3. The van der Waals surface area contributed by atoms with Crippen LogP contribution in [0.15, 0.2) is 18.3 Å². The van der Waals surface area contributed by atoms with Crippen molar-refractivity contribution in [3.05, 3.63) is 29.6 Å². The summed E-state index contributed by atoms with van der Waals surface area (Å²) in [5, 5.41) is 3.48. The van der Waals surface area contributed by atoms with Crippen LogP contribution in [0.5, 0.6) is 0 Å². The average Bonchev–Trinajstić information content (AvgIpc) is 2.29. The van der Waals surface area contributed by atoms with Crippen molar-refractivity contribution in [1.29, 1.82) is 0 Å². The highest BCUT2D eigenvalue weighted by atomic mass is 14.9. The summed E-state index contributed by atoms with van der Waals surface area (Å²) in [6.07, 6.45) is 3.01. The third-order valence-electron chi connectivity index (χ3n) is 2.98. The van der Waals surface area contributed by atoms with Gasteiger partial charge in [-0.2, -0.15) is 0 Å². The van der Waals surface area contributed by atoms with Crippen molar-refractivity contribution in [3.8, 4) is 0 Å². The van der Waals surface area contributed by atoms with Gasteiger partial charge in [-0.25, -0.2) is 0 Å². The first-order valence-electron chi connectivity index (χ1n) is 5.92. The molecule has 90 valence electrons. The normalized spacial score (nSPS) is 11.8. The molecule has 0 atom stereocenters. The number of aromatic nitrogens is 1. The average molecular weight is 221 g/mol. The van der Waals surface area contributed by atoms with E-state index in [1.54, 1.807) is 0 Å². The van der Waals surface area contributed by atoms with Gasteiger partial charge in [0.2, 0.25) is 0 Å². The molecule has 0 fully saturated rings. The maximum Gasteiger partial charge on any atom is 0.0542 e. The molecule has 0 aliphatic heterocycles. The zero-order valence-corrected chi connectivity index (χ0v) is 10.6. The third-order valence-corrected chi connectivity index (χ3v) is 2.98. The molecule has 16 heavy (non-hydrogen) atoms. The van der Waals surface area contributed by atoms with Crippen LogP contribution >= 0.6 is 0 Å². The summed E-state index contributed by atoms with van der Waals surface area (Å²) in [4.78, 5) is 4.18. The topological polar surface area (TPSA) is 50.9 Å². The molecule has 3 heteroatoms. The minimum atomic E-state index is 0.365. The molecule has 1 heterocycles. The highest BCUT2D eigenvalue weighted by Gasteiger charge is 2.13. The monoisotopic (exact) mass is 221 g/mol. The van der Waals surface area contributed by atoms with E-state index in [-0.39, 0.29) is 0 Å². The van der Waals surface area contributed by atoms with Gasteiger partial charge in [0.1, 0.15) is 0 Å². The molecule has 0 unspecified atom stereocenters. The Bertz CT molecular complexity index is 321. The molecule has 1 rings (SSSR count). The van der Waals surface area contributed by atoms with Gasteiger partial charge < -0.3 is 11.1 Å². The summed E-state index contributed by atoms with van der Waals surface area (Å²) < 4.78 is 0. The van der Waals surface area contributed by atoms with Gasteiger partial charge in [-0.15, -0.1) is 0 Å². The molecule has 0 aliphatic rings. The molecule has 0 saturated heterocycles. The first-order chi connectivity index (χ1) is 7.57. The van der Waals surface area contributed by atoms with Crippen molar-refractivity contribution in [2.75, 3.05) is 6.54 Å². The standard InChI is InChI=1S/C13H23N3/c1-4-13(2,3)10-15-9-11-5-6-16-12(7-11)8-14/h5-7,15H,4,8-10,14H2,1-3H3. The van der Waals surface area contributed by atoms with Crippen LogP contribution in [0.25, 0.3) is 0 Å². The predicted molar refractivity (Wildman–Crippen MR) is 67.9 cm³/mol. The quantitative estimate of drug-likeness (QED) is 0.773. The number of nitrogens with two attached hydrogens (primary N) is 1. The zero-order valence-electron chi connectivity index (χ0n) is 10.6. The third kappa shape index (κ3) is 4.29. The van der Waals surface area contributed by atoms with E-state index in [1.807, 2.05) is 12.3 Å². The molecule has 0 aliphatic carbocycles. The van der Waals surface area contributed by atoms with E-state index in [2.05, 4.69) is 37.1 Å². The fraction of sp³-hybridized carbons (Fsp3) is 0.615. The lowest BCUT2D eigenvalue weighted by Gasteiger charge is -2.23. The number of hydrogen-bond donors (Lipinski definition) is 2. The van der Waals surface area contributed by atoms with Crippen molar-refractivity contribution < 1.29 is 0 Å². The molecule has 3 N–H and O–H groups in total. The summed E-state index contributed by atoms with van der Waals surface area (Å²) in [7, 11) is 0. The lowest BCUT2D eigenvalue weighted by Crippen LogP contribution is -2.28. The molecular weight excluding hydrogens is 198 g/mol. The minimum Gasteiger partial charge on any atom is -0.325 e. The zero-order chi connectivity index (χ0) is 12.0. The van der Waals surface area contributed by atoms with Crippen LogP contribution in [-0.2, 0) is 13.1 Å². The van der Waals surface area contributed by atoms with Crippen molar-refractivity contribution in [2.45, 2.75) is 40.3 Å². The number of pyridine rings is 1. The Morgan fingerprint density at radius 2 is 2.19 bits per heavy atom. The Hall–Kier alpha value is -0.930. The van der Waals surface area contributed by atoms with Gasteiger partial charge in [-0.3, -0.25) is 4.98 Å². The fourth-order valence-corrected chi connectivity index (χ4v) is 1.42. The van der Waals surface area contributed by atoms with Crippen LogP contribution in [0.4, 0.5) is 0 Å². The van der Waals surface area contributed by atoms with Gasteiger partial charge in [-0.05, 0) is 29.5 Å². The van der Waals surface area contributed by atoms with E-state index in [0.29, 0.717) is 12.0 Å². The van der Waals surface area contributed by atoms with E-state index in [0.717, 1.165) is 18.8 Å². The van der Waals surface area contributed by atoms with Gasteiger partial charge >= 0.3 is 0 Å². The lowest BCUT2D eigenvalue weighted by atomic mass is 9.90. The minimum absolute atomic E-state index is 0.365. The van der Waals surface area contributed by atoms with Crippen LogP contribution in [0.3, 0.4) is 0 Å². The molecule has 0 spiro atoms. The van der Waals surface area contributed by atoms with Crippen LogP contribution in [0.2, 0.25) is 0 Å². The summed E-state index contributed by atoms with van der Waals surface area (Å²) in [6.45, 7) is 9.20. The van der Waals surface area contributed by atoms with Gasteiger partial charge in [0.15, 0.2) is 0 Å². The van der Waals surface area contributed by atoms with E-state index in [1.165, 1.54) is 12.0 Å². The van der Waals surface area contributed by atoms with Crippen molar-refractivity contribution in [2.24, 2.45) is 11.1 Å². The van der Waals surface area contributed by atoms with E-state index < -0.39 is 0 Å². The van der Waals surface area contributed by atoms with E-state index >= 15 is 0 Å². The maximum atomic E-state index is 5.56. The van der Waals surface area contributed by atoms with Crippen molar-refractivity contribution >= 4 is 0 Å². The molecule has 0 radical (unpaired) electrons. The summed E-state index contributed by atoms with van der Waals surface area (Å²) in [6, 6.07) is 4.09. The number of nitrogens with zero attached hydrogens (tertiary/aromatic N) is 1. The first kappa shape index (κ1) is 13.1. The second-order valence-corrected chi connectivity index (χ2v) is 4.98. The fourth-order valence-electron chi connectivity index (χ4n) is 1.42. The molecule has 0 saturated carbocycles. The molecule has 1 aromatic heterocycles. The lowest BCUT2D eigenvalue weighted by molar-refractivity contribution is 0.327. The molecule has 0 aromatic carbocycles. The van der Waals surface area contributed by atoms with Crippen molar-refractivity contribution in [3.63, 3.8) is 0 Å². The Balaban J connectivity index is 2.42. The van der Waals surface area contributed by atoms with Gasteiger partial charge in [0.05, 0.1) is 5.69 Å². The molecule has 0 bridgehead atoms. The molecule has 0 amide bonds. The highest BCUT2D eigenvalue weighted by molar-refractivity contribution is 5.16. The Morgan fingerprint density at radius 3 is 2.81 bits per heavy atom. The van der Waals surface area contributed by atoms with E-state index in [4.69, 9.17) is 5.73 Å². The molecule has 3 nitrogen and oxygen atoms in total. The van der Waals surface area contributed by atoms with Crippen LogP contribution in [-0.4, -0.2) is 11.5 Å². The second kappa shape index (κ2) is 5.97. The smallest absolute Gasteiger partial charge is 0.0542 e. The largest absolute Gasteiger partial charge is 0.325 e. The number of nitrogens with one attached hydrogen (secondary N) is 1. The van der Waals surface area contributed by atoms with Crippen LogP contribution in [0.1, 0.15) is 38.4 Å². The first-order valence-corrected chi connectivity index (χ1v) is 5.92. The van der Waals surface area contributed by atoms with Gasteiger partial charge in [0, 0.05) is 25.8 Å². The highest BCUT2D eigenvalue weighted by Crippen LogP contribution is 2.17. The molecular formula is C13H23N3. The van der Waals surface area contributed by atoms with Gasteiger partial charge in [0.25, 0.3) is 0 Å². The van der Waals surface area contributed by atoms with Crippen molar-refractivity contribution in [1.82, 2.24) is 10.3 Å². The van der Waals surface area contributed by atoms with Crippen LogP contribution in [0, 0.1) is 5.41 Å². The van der Waals surface area contributed by atoms with Crippen LogP contribution < -0.4 is 11.1 Å². The van der Waals surface area contributed by atoms with E-state index in [9.17, 15) is 0 Å². The van der Waals surface area contributed by atoms with Gasteiger partial charge in [-0.1, -0.05) is 20.8 Å². The summed E-state index contributed by atoms with van der Waals surface area (Å²) >= 11 is 0. The predicted octanol–water partition coefficient (Wildman–Crippen LogP) is 2.07. The molecule has 1 aromatic rings. The summed E-state index contributed by atoms with van der Waals surface area (Å²) in [5.41, 5.74) is 8.13.